The van der Waals surface area contributed by atoms with Crippen molar-refractivity contribution in [2.45, 2.75) is 71.6 Å². The van der Waals surface area contributed by atoms with Crippen molar-refractivity contribution in [3.8, 4) is 11.5 Å². The van der Waals surface area contributed by atoms with Gasteiger partial charge in [-0.25, -0.2) is 0 Å². The molecule has 1 aliphatic heterocycles. The van der Waals surface area contributed by atoms with E-state index in [1.54, 1.807) is 21.3 Å². The first kappa shape index (κ1) is 27.7. The van der Waals surface area contributed by atoms with E-state index in [1.165, 1.54) is 40.7 Å². The maximum atomic E-state index is 6.24. The Balaban J connectivity index is 1.45. The quantitative estimate of drug-likeness (QED) is 0.336. The Morgan fingerprint density at radius 2 is 1.65 bits per heavy atom. The molecule has 0 saturated carbocycles. The highest BCUT2D eigenvalue weighted by Gasteiger charge is 2.34. The normalized spacial score (nSPS) is 20.0. The number of rotatable bonds is 12. The van der Waals surface area contributed by atoms with E-state index < -0.39 is 0 Å². The molecule has 1 heterocycles. The molecule has 0 spiro atoms. The highest BCUT2D eigenvalue weighted by Crippen LogP contribution is 2.36. The van der Waals surface area contributed by atoms with Crippen LogP contribution in [0.15, 0.2) is 42.0 Å². The summed E-state index contributed by atoms with van der Waals surface area (Å²) in [5.74, 6) is 2.44. The van der Waals surface area contributed by atoms with Gasteiger partial charge in [-0.1, -0.05) is 37.6 Å². The summed E-state index contributed by atoms with van der Waals surface area (Å²) in [5, 5.41) is 0. The highest BCUT2D eigenvalue weighted by atomic mass is 16.5. The predicted octanol–water partition coefficient (Wildman–Crippen LogP) is 6.32. The lowest BCUT2D eigenvalue weighted by atomic mass is 9.86. The fourth-order valence-corrected chi connectivity index (χ4v) is 6.00. The third-order valence-electron chi connectivity index (χ3n) is 7.96. The molecule has 1 aliphatic carbocycles. The summed E-state index contributed by atoms with van der Waals surface area (Å²) < 4.78 is 23.0. The number of hydrogen-bond donors (Lipinski definition) is 0. The van der Waals surface area contributed by atoms with Crippen molar-refractivity contribution >= 4 is 5.57 Å². The van der Waals surface area contributed by atoms with E-state index in [0.717, 1.165) is 56.1 Å². The molecule has 5 nitrogen and oxygen atoms in total. The Hall–Kier alpha value is -2.34. The Kier molecular flexibility index (Phi) is 9.69. The molecule has 2 aromatic carbocycles. The van der Waals surface area contributed by atoms with Gasteiger partial charge in [0.05, 0.1) is 20.3 Å². The van der Waals surface area contributed by atoms with Gasteiger partial charge in [0.15, 0.2) is 0 Å². The first-order valence-corrected chi connectivity index (χ1v) is 13.8. The van der Waals surface area contributed by atoms with E-state index in [9.17, 15) is 0 Å². The minimum Gasteiger partial charge on any atom is -0.496 e. The van der Waals surface area contributed by atoms with Crippen LogP contribution in [0, 0.1) is 5.92 Å². The lowest BCUT2D eigenvalue weighted by Gasteiger charge is -2.33. The van der Waals surface area contributed by atoms with Crippen LogP contribution in [-0.2, 0) is 28.9 Å². The number of hydrogen-bond acceptors (Lipinski definition) is 5. The number of methoxy groups -OCH3 is 3. The van der Waals surface area contributed by atoms with Crippen LogP contribution >= 0.6 is 0 Å². The first-order valence-electron chi connectivity index (χ1n) is 13.8. The molecule has 2 atom stereocenters. The van der Waals surface area contributed by atoms with E-state index in [4.69, 9.17) is 18.9 Å². The van der Waals surface area contributed by atoms with Crippen LogP contribution in [-0.4, -0.2) is 58.1 Å². The molecule has 1 fully saturated rings. The van der Waals surface area contributed by atoms with E-state index in [2.05, 4.69) is 62.1 Å². The number of likely N-dealkylation sites (tertiary alicyclic amines) is 1. The second kappa shape index (κ2) is 12.9. The number of fused-ring (bicyclic) bond motifs is 1. The van der Waals surface area contributed by atoms with Crippen LogP contribution in [0.2, 0.25) is 0 Å². The lowest BCUT2D eigenvalue weighted by molar-refractivity contribution is 0.0686. The predicted molar refractivity (Wildman–Crippen MR) is 150 cm³/mol. The highest BCUT2D eigenvalue weighted by molar-refractivity contribution is 5.72. The van der Waals surface area contributed by atoms with Crippen molar-refractivity contribution < 1.29 is 18.9 Å². The van der Waals surface area contributed by atoms with Gasteiger partial charge in [0, 0.05) is 38.4 Å². The fourth-order valence-electron chi connectivity index (χ4n) is 6.00. The number of aryl methyl sites for hydroxylation is 1. The van der Waals surface area contributed by atoms with Gasteiger partial charge < -0.3 is 18.9 Å². The third kappa shape index (κ3) is 6.76. The third-order valence-corrected chi connectivity index (χ3v) is 7.96. The molecule has 0 bridgehead atoms. The van der Waals surface area contributed by atoms with E-state index in [-0.39, 0.29) is 0 Å². The van der Waals surface area contributed by atoms with E-state index in [0.29, 0.717) is 24.6 Å². The summed E-state index contributed by atoms with van der Waals surface area (Å²) in [5.41, 5.74) is 8.06. The second-order valence-corrected chi connectivity index (χ2v) is 11.0. The van der Waals surface area contributed by atoms with Gasteiger partial charge in [-0.3, -0.25) is 4.90 Å². The number of ether oxygens (including phenoxy) is 4. The molecule has 37 heavy (non-hydrogen) atoms. The standard InChI is InChI=1S/C32H45NO4/c1-22(2)15-24-7-8-27(32(16-24)36-6)19-37-30-13-14-31-23(3)26(10-9-25(31)17-30)18-33-28(20-34-4)11-12-29(33)21-35-5/h7-8,13-14,16-17,22,28-29H,9-12,15,18-21H2,1-6H3/t28-,29-/m0/s1. The number of allylic oxidation sites excluding steroid dienone is 1. The van der Waals surface area contributed by atoms with Crippen LogP contribution in [0.3, 0.4) is 0 Å². The van der Waals surface area contributed by atoms with Gasteiger partial charge in [0.2, 0.25) is 0 Å². The van der Waals surface area contributed by atoms with Gasteiger partial charge in [-0.05, 0) is 85.4 Å². The van der Waals surface area contributed by atoms with Crippen molar-refractivity contribution in [2.75, 3.05) is 41.1 Å². The van der Waals surface area contributed by atoms with Gasteiger partial charge in [-0.2, -0.15) is 0 Å². The zero-order valence-corrected chi connectivity index (χ0v) is 23.6. The minimum atomic E-state index is 0.471. The van der Waals surface area contributed by atoms with Crippen LogP contribution in [0.1, 0.15) is 62.3 Å². The SMILES string of the molecule is COC[C@@H]1CC[C@@H](COC)N1CC1=C(C)c2ccc(OCc3ccc(CC(C)C)cc3OC)cc2CC1. The average Bonchev–Trinajstić information content (AvgIpc) is 3.25. The van der Waals surface area contributed by atoms with Crippen molar-refractivity contribution in [3.05, 3.63) is 64.2 Å². The van der Waals surface area contributed by atoms with Crippen molar-refractivity contribution in [1.29, 1.82) is 0 Å². The maximum Gasteiger partial charge on any atom is 0.125 e. The summed E-state index contributed by atoms with van der Waals surface area (Å²) in [6.07, 6.45) is 5.54. The Morgan fingerprint density at radius 1 is 0.919 bits per heavy atom. The zero-order valence-electron chi connectivity index (χ0n) is 23.6. The van der Waals surface area contributed by atoms with Gasteiger partial charge in [-0.15, -0.1) is 0 Å². The fraction of sp³-hybridized carbons (Fsp3) is 0.562. The van der Waals surface area contributed by atoms with Crippen LogP contribution in [0.25, 0.3) is 5.57 Å². The van der Waals surface area contributed by atoms with Crippen LogP contribution in [0.5, 0.6) is 11.5 Å². The molecule has 0 unspecified atom stereocenters. The molecular formula is C32H45NO4. The van der Waals surface area contributed by atoms with Crippen LogP contribution in [0.4, 0.5) is 0 Å². The summed E-state index contributed by atoms with van der Waals surface area (Å²) in [7, 11) is 5.35. The molecule has 4 rings (SSSR count). The van der Waals surface area contributed by atoms with Gasteiger partial charge in [0.25, 0.3) is 0 Å². The molecule has 0 radical (unpaired) electrons. The van der Waals surface area contributed by atoms with E-state index in [1.807, 2.05) is 0 Å². The average molecular weight is 508 g/mol. The molecule has 202 valence electrons. The van der Waals surface area contributed by atoms with Gasteiger partial charge in [0.1, 0.15) is 18.1 Å². The molecule has 0 amide bonds. The van der Waals surface area contributed by atoms with Crippen LogP contribution < -0.4 is 9.47 Å². The summed E-state index contributed by atoms with van der Waals surface area (Å²) in [6, 6.07) is 14.0. The zero-order chi connectivity index (χ0) is 26.4. The largest absolute Gasteiger partial charge is 0.496 e. The molecular weight excluding hydrogens is 462 g/mol. The molecule has 0 aromatic heterocycles. The number of benzene rings is 2. The summed E-state index contributed by atoms with van der Waals surface area (Å²) in [4.78, 5) is 2.62. The smallest absolute Gasteiger partial charge is 0.125 e. The Morgan fingerprint density at radius 3 is 2.30 bits per heavy atom. The van der Waals surface area contributed by atoms with Crippen molar-refractivity contribution in [3.63, 3.8) is 0 Å². The first-order chi connectivity index (χ1) is 17.9. The molecule has 2 aliphatic rings. The Labute approximate surface area is 223 Å². The van der Waals surface area contributed by atoms with E-state index >= 15 is 0 Å². The number of nitrogens with zero attached hydrogens (tertiary/aromatic N) is 1. The second-order valence-electron chi connectivity index (χ2n) is 11.0. The Bertz CT molecular complexity index is 1060. The molecule has 2 aromatic rings. The summed E-state index contributed by atoms with van der Waals surface area (Å²) >= 11 is 0. The molecule has 1 saturated heterocycles. The molecule has 0 N–H and O–H groups in total. The monoisotopic (exact) mass is 507 g/mol. The minimum absolute atomic E-state index is 0.471. The van der Waals surface area contributed by atoms with Crippen molar-refractivity contribution in [2.24, 2.45) is 5.92 Å². The van der Waals surface area contributed by atoms with Crippen molar-refractivity contribution in [1.82, 2.24) is 4.90 Å². The lowest BCUT2D eigenvalue weighted by Crippen LogP contribution is -2.42. The summed E-state index contributed by atoms with van der Waals surface area (Å²) in [6.45, 7) is 9.83. The van der Waals surface area contributed by atoms with Gasteiger partial charge >= 0.3 is 0 Å². The molecule has 5 heteroatoms. The topological polar surface area (TPSA) is 40.2 Å². The maximum absolute atomic E-state index is 6.24.